The first kappa shape index (κ1) is 9.61. The fourth-order valence-electron chi connectivity index (χ4n) is 1.23. The topological polar surface area (TPSA) is 20.2 Å². The minimum atomic E-state index is 0.435. The van der Waals surface area contributed by atoms with E-state index < -0.39 is 0 Å². The largest absolute Gasteiger partial charge is 0.499 e. The summed E-state index contributed by atoms with van der Waals surface area (Å²) in [6.07, 6.45) is 1.99. The average Bonchev–Trinajstić information content (AvgIpc) is 2.40. The molecule has 1 nitrogen and oxygen atoms in total. The number of fused-ring (bicyclic) bond motifs is 1. The van der Waals surface area contributed by atoms with Crippen LogP contribution in [0.4, 0.5) is 0 Å². The van der Waals surface area contributed by atoms with Gasteiger partial charge in [-0.05, 0) is 47.0 Å². The Balaban J connectivity index is 2.80. The first-order valence-corrected chi connectivity index (χ1v) is 6.79. The maximum absolute atomic E-state index is 9.62. The van der Waals surface area contributed by atoms with E-state index in [2.05, 4.69) is 40.8 Å². The predicted octanol–water partition coefficient (Wildman–Crippen LogP) is 3.93. The van der Waals surface area contributed by atoms with Crippen molar-refractivity contribution in [2.45, 2.75) is 4.90 Å². The van der Waals surface area contributed by atoms with Gasteiger partial charge in [-0.3, -0.25) is 0 Å². The van der Waals surface area contributed by atoms with Crippen LogP contribution in [0.25, 0.3) is 10.1 Å². The fourth-order valence-corrected chi connectivity index (χ4v) is 3.54. The van der Waals surface area contributed by atoms with Crippen molar-refractivity contribution in [1.82, 2.24) is 0 Å². The second-order valence-electron chi connectivity index (χ2n) is 2.58. The molecule has 4 heteroatoms. The Bertz CT molecular complexity index is 450. The molecule has 1 aromatic carbocycles. The highest BCUT2D eigenvalue weighted by Gasteiger charge is 2.09. The molecule has 0 aliphatic rings. The van der Waals surface area contributed by atoms with Crippen molar-refractivity contribution < 1.29 is 5.11 Å². The summed E-state index contributed by atoms with van der Waals surface area (Å²) in [4.78, 5) is 0.999. The summed E-state index contributed by atoms with van der Waals surface area (Å²) >= 11 is 5.32. The van der Waals surface area contributed by atoms with Gasteiger partial charge >= 0.3 is 0 Å². The summed E-state index contributed by atoms with van der Waals surface area (Å²) in [5.41, 5.74) is 0. The highest BCUT2D eigenvalue weighted by atomic mass is 127. The van der Waals surface area contributed by atoms with Crippen LogP contribution in [0.2, 0.25) is 0 Å². The van der Waals surface area contributed by atoms with E-state index in [-0.39, 0.29) is 0 Å². The van der Waals surface area contributed by atoms with E-state index >= 15 is 0 Å². The van der Waals surface area contributed by atoms with Crippen molar-refractivity contribution in [2.75, 3.05) is 6.26 Å². The van der Waals surface area contributed by atoms with Gasteiger partial charge < -0.3 is 5.11 Å². The van der Waals surface area contributed by atoms with E-state index in [1.165, 1.54) is 20.3 Å². The molecule has 0 aliphatic heterocycles. The minimum Gasteiger partial charge on any atom is -0.499 e. The molecule has 1 aromatic heterocycles. The summed E-state index contributed by atoms with van der Waals surface area (Å²) < 4.78 is 2.36. The summed E-state index contributed by atoms with van der Waals surface area (Å²) in [6, 6.07) is 6.22. The third kappa shape index (κ3) is 1.67. The monoisotopic (exact) mass is 322 g/mol. The van der Waals surface area contributed by atoms with Crippen LogP contribution >= 0.6 is 45.7 Å². The van der Waals surface area contributed by atoms with Crippen molar-refractivity contribution in [3.63, 3.8) is 0 Å². The van der Waals surface area contributed by atoms with Gasteiger partial charge in [0, 0.05) is 13.7 Å². The summed E-state index contributed by atoms with van der Waals surface area (Å²) in [5, 5.41) is 11.2. The molecule has 1 heterocycles. The number of thiophene rings is 1. The second-order valence-corrected chi connectivity index (χ2v) is 5.67. The van der Waals surface area contributed by atoms with Crippen LogP contribution in [-0.2, 0) is 0 Å². The Morgan fingerprint density at radius 3 is 2.92 bits per heavy atom. The zero-order chi connectivity index (χ0) is 9.42. The molecular weight excluding hydrogens is 315 g/mol. The lowest BCUT2D eigenvalue weighted by molar-refractivity contribution is 0.480. The lowest BCUT2D eigenvalue weighted by Crippen LogP contribution is -1.70. The normalized spacial score (nSPS) is 10.9. The first-order valence-electron chi connectivity index (χ1n) is 3.67. The van der Waals surface area contributed by atoms with Crippen LogP contribution in [0, 0.1) is 3.57 Å². The highest BCUT2D eigenvalue weighted by molar-refractivity contribution is 14.1. The van der Waals surface area contributed by atoms with Crippen LogP contribution in [0.3, 0.4) is 0 Å². The van der Waals surface area contributed by atoms with Gasteiger partial charge in [0.25, 0.3) is 0 Å². The van der Waals surface area contributed by atoms with Gasteiger partial charge in [-0.1, -0.05) is 11.3 Å². The zero-order valence-corrected chi connectivity index (χ0v) is 10.7. The van der Waals surface area contributed by atoms with Crippen molar-refractivity contribution in [3.05, 3.63) is 21.8 Å². The summed E-state index contributed by atoms with van der Waals surface area (Å²) in [6.45, 7) is 0. The molecule has 0 fully saturated rings. The second kappa shape index (κ2) is 3.67. The maximum Gasteiger partial charge on any atom is 0.186 e. The number of aromatic hydroxyl groups is 1. The molecule has 1 N–H and O–H groups in total. The van der Waals surface area contributed by atoms with Crippen LogP contribution in [0.5, 0.6) is 5.06 Å². The van der Waals surface area contributed by atoms with Gasteiger partial charge in [0.1, 0.15) is 0 Å². The van der Waals surface area contributed by atoms with Gasteiger partial charge in [0.05, 0.1) is 4.90 Å². The van der Waals surface area contributed by atoms with Crippen molar-refractivity contribution in [3.8, 4) is 5.06 Å². The standard InChI is InChI=1S/C9H7IOS2/c1-12-8-6-4-5(10)2-3-7(6)13-9(8)11/h2-4,11H,1H3. The van der Waals surface area contributed by atoms with Gasteiger partial charge in [0.2, 0.25) is 0 Å². The van der Waals surface area contributed by atoms with Crippen LogP contribution < -0.4 is 0 Å². The fraction of sp³-hybridized carbons (Fsp3) is 0.111. The molecular formula is C9H7IOS2. The van der Waals surface area contributed by atoms with Gasteiger partial charge in [0.15, 0.2) is 5.06 Å². The molecule has 0 atom stereocenters. The molecule has 0 saturated carbocycles. The SMILES string of the molecule is CSc1c(O)sc2ccc(I)cc12. The lowest BCUT2D eigenvalue weighted by atomic mass is 10.3. The van der Waals surface area contributed by atoms with E-state index in [1.54, 1.807) is 11.8 Å². The van der Waals surface area contributed by atoms with Gasteiger partial charge in [-0.15, -0.1) is 11.8 Å². The van der Waals surface area contributed by atoms with Gasteiger partial charge in [-0.2, -0.15) is 0 Å². The lowest BCUT2D eigenvalue weighted by Gasteiger charge is -1.94. The van der Waals surface area contributed by atoms with Crippen molar-refractivity contribution >= 4 is 55.8 Å². The number of thioether (sulfide) groups is 1. The Morgan fingerprint density at radius 1 is 1.46 bits per heavy atom. The smallest absolute Gasteiger partial charge is 0.186 e. The molecule has 0 saturated heterocycles. The van der Waals surface area contributed by atoms with Crippen LogP contribution in [-0.4, -0.2) is 11.4 Å². The Morgan fingerprint density at radius 2 is 2.23 bits per heavy atom. The zero-order valence-electron chi connectivity index (χ0n) is 6.87. The van der Waals surface area contributed by atoms with Crippen molar-refractivity contribution in [1.29, 1.82) is 0 Å². The maximum atomic E-state index is 9.62. The third-order valence-corrected chi connectivity index (χ3v) is 4.39. The molecule has 0 aliphatic carbocycles. The number of benzene rings is 1. The van der Waals surface area contributed by atoms with Crippen LogP contribution in [0.15, 0.2) is 23.1 Å². The molecule has 2 rings (SSSR count). The summed E-state index contributed by atoms with van der Waals surface area (Å²) in [7, 11) is 0. The molecule has 0 bridgehead atoms. The number of hydrogen-bond acceptors (Lipinski definition) is 3. The molecule has 2 aromatic rings. The molecule has 13 heavy (non-hydrogen) atoms. The summed E-state index contributed by atoms with van der Waals surface area (Å²) in [5.74, 6) is 0. The average molecular weight is 322 g/mol. The Kier molecular flexibility index (Phi) is 2.71. The third-order valence-electron chi connectivity index (χ3n) is 1.79. The van der Waals surface area contributed by atoms with Crippen molar-refractivity contribution in [2.24, 2.45) is 0 Å². The predicted molar refractivity (Wildman–Crippen MR) is 68.0 cm³/mol. The van der Waals surface area contributed by atoms with E-state index in [0.717, 1.165) is 9.60 Å². The molecule has 0 unspecified atom stereocenters. The van der Waals surface area contributed by atoms with E-state index in [4.69, 9.17) is 0 Å². The number of rotatable bonds is 1. The molecule has 0 amide bonds. The van der Waals surface area contributed by atoms with Crippen LogP contribution in [0.1, 0.15) is 0 Å². The molecule has 0 spiro atoms. The van der Waals surface area contributed by atoms with E-state index in [0.29, 0.717) is 5.06 Å². The Hall–Kier alpha value is 0.0600. The van der Waals surface area contributed by atoms with E-state index in [9.17, 15) is 5.11 Å². The Labute approximate surface area is 98.3 Å². The first-order chi connectivity index (χ1) is 6.22. The van der Waals surface area contributed by atoms with Gasteiger partial charge in [-0.25, -0.2) is 0 Å². The molecule has 0 radical (unpaired) electrons. The minimum absolute atomic E-state index is 0.435. The van der Waals surface area contributed by atoms with E-state index in [1.807, 2.05) is 6.26 Å². The number of hydrogen-bond donors (Lipinski definition) is 1. The molecule has 68 valence electrons. The highest BCUT2D eigenvalue weighted by Crippen LogP contribution is 2.42. The number of halogens is 1. The quantitative estimate of drug-likeness (QED) is 0.634.